The maximum absolute atomic E-state index is 6.42. The first-order valence-corrected chi connectivity index (χ1v) is 11.1. The molecule has 5 rings (SSSR count). The number of nitrogens with zero attached hydrogens (tertiary/aromatic N) is 4. The normalized spacial score (nSPS) is 14.4. The van der Waals surface area contributed by atoms with Gasteiger partial charge < -0.3 is 9.64 Å². The van der Waals surface area contributed by atoms with Crippen LogP contribution in [0.15, 0.2) is 65.7 Å². The number of benzene rings is 1. The van der Waals surface area contributed by atoms with E-state index < -0.39 is 0 Å². The second-order valence-corrected chi connectivity index (χ2v) is 8.62. The summed E-state index contributed by atoms with van der Waals surface area (Å²) in [6, 6.07) is 18.6. The van der Waals surface area contributed by atoms with Gasteiger partial charge in [-0.05, 0) is 66.4 Å². The van der Waals surface area contributed by atoms with Crippen LogP contribution in [0.2, 0.25) is 5.15 Å². The second-order valence-electron chi connectivity index (χ2n) is 7.22. The Morgan fingerprint density at radius 3 is 2.63 bits per heavy atom. The number of halogens is 1. The van der Waals surface area contributed by atoms with E-state index in [0.29, 0.717) is 18.4 Å². The molecule has 1 fully saturated rings. The lowest BCUT2D eigenvalue weighted by Crippen LogP contribution is -2.36. The molecular weight excluding hydrogens is 416 g/mol. The number of pyridine rings is 2. The van der Waals surface area contributed by atoms with Crippen LogP contribution < -0.4 is 4.90 Å². The minimum absolute atomic E-state index is 0.494. The van der Waals surface area contributed by atoms with E-state index in [1.807, 2.05) is 36.5 Å². The number of aromatic nitrogens is 3. The van der Waals surface area contributed by atoms with Crippen LogP contribution in [0.25, 0.3) is 22.2 Å². The first-order chi connectivity index (χ1) is 14.7. The van der Waals surface area contributed by atoms with Crippen LogP contribution in [-0.2, 0) is 4.74 Å². The van der Waals surface area contributed by atoms with Crippen LogP contribution in [0, 0.1) is 6.92 Å². The molecule has 5 nitrogen and oxygen atoms in total. The van der Waals surface area contributed by atoms with Gasteiger partial charge in [-0.1, -0.05) is 29.8 Å². The summed E-state index contributed by atoms with van der Waals surface area (Å²) in [6.07, 6.45) is 1.86. The topological polar surface area (TPSA) is 43.2 Å². The molecule has 3 aromatic heterocycles. The molecule has 0 amide bonds. The Bertz CT molecular complexity index is 1190. The fourth-order valence-electron chi connectivity index (χ4n) is 3.75. The van der Waals surface area contributed by atoms with Crippen molar-refractivity contribution in [2.75, 3.05) is 31.2 Å². The molecule has 4 heterocycles. The van der Waals surface area contributed by atoms with Gasteiger partial charge in [0.25, 0.3) is 0 Å². The van der Waals surface area contributed by atoms with E-state index in [0.717, 1.165) is 46.8 Å². The minimum atomic E-state index is 0.494. The van der Waals surface area contributed by atoms with Gasteiger partial charge in [-0.2, -0.15) is 0 Å². The van der Waals surface area contributed by atoms with E-state index in [2.05, 4.69) is 50.0 Å². The summed E-state index contributed by atoms with van der Waals surface area (Å²) in [5.41, 5.74) is 4.24. The average molecular weight is 437 g/mol. The lowest BCUT2D eigenvalue weighted by atomic mass is 10.0. The third kappa shape index (κ3) is 3.78. The van der Waals surface area contributed by atoms with Gasteiger partial charge in [0.15, 0.2) is 5.65 Å². The minimum Gasteiger partial charge on any atom is -0.378 e. The van der Waals surface area contributed by atoms with Gasteiger partial charge in [0.05, 0.1) is 13.2 Å². The Hall–Kier alpha value is -2.54. The smallest absolute Gasteiger partial charge is 0.151 e. The number of ether oxygens (including phenoxy) is 1. The maximum atomic E-state index is 6.42. The van der Waals surface area contributed by atoms with Gasteiger partial charge in [-0.25, -0.2) is 9.97 Å². The van der Waals surface area contributed by atoms with Crippen molar-refractivity contribution in [3.63, 3.8) is 0 Å². The van der Waals surface area contributed by atoms with Crippen molar-refractivity contribution in [3.8, 4) is 11.1 Å². The van der Waals surface area contributed by atoms with Crippen LogP contribution in [0.4, 0.5) is 5.82 Å². The summed E-state index contributed by atoms with van der Waals surface area (Å²) in [5, 5.41) is 1.60. The molecule has 1 aliphatic rings. The van der Waals surface area contributed by atoms with Crippen molar-refractivity contribution in [3.05, 3.63) is 71.6 Å². The predicted molar refractivity (Wildman–Crippen MR) is 123 cm³/mol. The Kier molecular flexibility index (Phi) is 5.37. The predicted octanol–water partition coefficient (Wildman–Crippen LogP) is 5.45. The standard InChI is InChI=1S/C23H21ClN4OS/c1-16-13-20-19(7-8-25-23(20)28(16)30-18-5-3-2-4-6-18)17-14-21(24)26-22(15-17)27-9-11-29-12-10-27/h2-8,13-15H,9-12H2,1H3. The van der Waals surface area contributed by atoms with Crippen LogP contribution in [-0.4, -0.2) is 40.2 Å². The van der Waals surface area contributed by atoms with Crippen molar-refractivity contribution >= 4 is 40.4 Å². The molecule has 30 heavy (non-hydrogen) atoms. The zero-order valence-electron chi connectivity index (χ0n) is 16.6. The zero-order chi connectivity index (χ0) is 20.5. The van der Waals surface area contributed by atoms with Crippen molar-refractivity contribution in [1.29, 1.82) is 0 Å². The highest BCUT2D eigenvalue weighted by molar-refractivity contribution is 7.98. The van der Waals surface area contributed by atoms with Crippen LogP contribution in [0.1, 0.15) is 5.69 Å². The fourth-order valence-corrected chi connectivity index (χ4v) is 4.87. The zero-order valence-corrected chi connectivity index (χ0v) is 18.2. The Balaban J connectivity index is 1.58. The van der Waals surface area contributed by atoms with E-state index in [-0.39, 0.29) is 0 Å². The molecule has 1 aliphatic heterocycles. The maximum Gasteiger partial charge on any atom is 0.151 e. The molecule has 0 spiro atoms. The first-order valence-electron chi connectivity index (χ1n) is 9.90. The number of fused-ring (bicyclic) bond motifs is 1. The third-order valence-electron chi connectivity index (χ3n) is 5.20. The summed E-state index contributed by atoms with van der Waals surface area (Å²) in [6.45, 7) is 5.17. The largest absolute Gasteiger partial charge is 0.378 e. The van der Waals surface area contributed by atoms with Gasteiger partial charge in [0.1, 0.15) is 11.0 Å². The molecule has 0 bridgehead atoms. The van der Waals surface area contributed by atoms with Gasteiger partial charge in [0.2, 0.25) is 0 Å². The summed E-state index contributed by atoms with van der Waals surface area (Å²) in [5.74, 6) is 0.889. The highest BCUT2D eigenvalue weighted by Crippen LogP contribution is 2.35. The van der Waals surface area contributed by atoms with Gasteiger partial charge in [-0.3, -0.25) is 3.97 Å². The molecule has 1 aromatic carbocycles. The molecule has 1 saturated heterocycles. The van der Waals surface area contributed by atoms with Crippen molar-refractivity contribution in [2.24, 2.45) is 0 Å². The Labute approximate surface area is 184 Å². The molecule has 0 aliphatic carbocycles. The Morgan fingerprint density at radius 1 is 1.03 bits per heavy atom. The SMILES string of the molecule is Cc1cc2c(-c3cc(Cl)nc(N4CCOCC4)c3)ccnc2n1Sc1ccccc1. The van der Waals surface area contributed by atoms with Gasteiger partial charge >= 0.3 is 0 Å². The molecule has 0 N–H and O–H groups in total. The van der Waals surface area contributed by atoms with Crippen molar-refractivity contribution in [2.45, 2.75) is 11.8 Å². The quantitative estimate of drug-likeness (QED) is 0.398. The molecule has 0 atom stereocenters. The highest BCUT2D eigenvalue weighted by atomic mass is 35.5. The summed E-state index contributed by atoms with van der Waals surface area (Å²) >= 11 is 8.10. The highest BCUT2D eigenvalue weighted by Gasteiger charge is 2.17. The van der Waals surface area contributed by atoms with Crippen LogP contribution in [0.3, 0.4) is 0 Å². The molecule has 0 radical (unpaired) electrons. The van der Waals surface area contributed by atoms with Gasteiger partial charge in [-0.15, -0.1) is 0 Å². The number of aryl methyl sites for hydroxylation is 1. The molecule has 4 aromatic rings. The Morgan fingerprint density at radius 2 is 1.83 bits per heavy atom. The molecule has 7 heteroatoms. The first kappa shape index (κ1) is 19.4. The molecule has 152 valence electrons. The number of rotatable bonds is 4. The summed E-state index contributed by atoms with van der Waals surface area (Å²) in [7, 11) is 0. The van der Waals surface area contributed by atoms with E-state index in [1.54, 1.807) is 11.9 Å². The van der Waals surface area contributed by atoms with Gasteiger partial charge in [0, 0.05) is 35.3 Å². The van der Waals surface area contributed by atoms with E-state index in [1.165, 1.54) is 4.90 Å². The number of hydrogen-bond donors (Lipinski definition) is 0. The average Bonchev–Trinajstić information content (AvgIpc) is 3.10. The third-order valence-corrected chi connectivity index (χ3v) is 6.52. The summed E-state index contributed by atoms with van der Waals surface area (Å²) in [4.78, 5) is 12.6. The lowest BCUT2D eigenvalue weighted by Gasteiger charge is -2.28. The number of morpholine rings is 1. The van der Waals surface area contributed by atoms with Crippen LogP contribution >= 0.6 is 23.5 Å². The molecule has 0 saturated carbocycles. The van der Waals surface area contributed by atoms with E-state index in [4.69, 9.17) is 16.3 Å². The summed E-state index contributed by atoms with van der Waals surface area (Å²) < 4.78 is 7.65. The number of hydrogen-bond acceptors (Lipinski definition) is 5. The van der Waals surface area contributed by atoms with E-state index >= 15 is 0 Å². The monoisotopic (exact) mass is 436 g/mol. The van der Waals surface area contributed by atoms with Crippen LogP contribution in [0.5, 0.6) is 0 Å². The van der Waals surface area contributed by atoms with Crippen molar-refractivity contribution < 1.29 is 4.74 Å². The van der Waals surface area contributed by atoms with E-state index in [9.17, 15) is 0 Å². The molecule has 0 unspecified atom stereocenters. The second kappa shape index (κ2) is 8.30. The molecular formula is C23H21ClN4OS. The fraction of sp³-hybridized carbons (Fsp3) is 0.217. The lowest BCUT2D eigenvalue weighted by molar-refractivity contribution is 0.122. The van der Waals surface area contributed by atoms with Crippen molar-refractivity contribution in [1.82, 2.24) is 13.9 Å². The number of anilines is 1.